The lowest BCUT2D eigenvalue weighted by Crippen LogP contribution is -2.41. The van der Waals surface area contributed by atoms with Gasteiger partial charge in [-0.3, -0.25) is 4.90 Å². The SMILES string of the molecule is COCCN(C(C)C)C(CN)c1cccc(Cl)c1F. The highest BCUT2D eigenvalue weighted by atomic mass is 35.5. The highest BCUT2D eigenvalue weighted by Gasteiger charge is 2.24. The molecule has 0 aromatic heterocycles. The van der Waals surface area contributed by atoms with Crippen molar-refractivity contribution in [3.63, 3.8) is 0 Å². The summed E-state index contributed by atoms with van der Waals surface area (Å²) < 4.78 is 19.2. The smallest absolute Gasteiger partial charge is 0.146 e. The molecule has 1 aromatic rings. The average Bonchev–Trinajstić information content (AvgIpc) is 2.38. The van der Waals surface area contributed by atoms with E-state index in [0.717, 1.165) is 0 Å². The molecule has 0 aliphatic carbocycles. The maximum absolute atomic E-state index is 14.1. The normalized spacial score (nSPS) is 13.3. The minimum Gasteiger partial charge on any atom is -0.383 e. The third kappa shape index (κ3) is 4.14. The van der Waals surface area contributed by atoms with Crippen molar-refractivity contribution in [1.82, 2.24) is 4.90 Å². The second-order valence-corrected chi connectivity index (χ2v) is 5.13. The van der Waals surface area contributed by atoms with Crippen molar-refractivity contribution in [3.05, 3.63) is 34.6 Å². The highest BCUT2D eigenvalue weighted by Crippen LogP contribution is 2.28. The first-order valence-corrected chi connectivity index (χ1v) is 6.79. The molecule has 0 saturated heterocycles. The van der Waals surface area contributed by atoms with E-state index in [0.29, 0.717) is 25.3 Å². The summed E-state index contributed by atoms with van der Waals surface area (Å²) in [5.41, 5.74) is 6.38. The van der Waals surface area contributed by atoms with Crippen LogP contribution >= 0.6 is 11.6 Å². The van der Waals surface area contributed by atoms with Gasteiger partial charge in [-0.1, -0.05) is 23.7 Å². The Labute approximate surface area is 119 Å². The minimum absolute atomic E-state index is 0.131. The molecule has 19 heavy (non-hydrogen) atoms. The lowest BCUT2D eigenvalue weighted by Gasteiger charge is -2.34. The Hall–Kier alpha value is -0.680. The van der Waals surface area contributed by atoms with Crippen LogP contribution in [0.2, 0.25) is 5.02 Å². The van der Waals surface area contributed by atoms with Crippen LogP contribution in [0.5, 0.6) is 0 Å². The van der Waals surface area contributed by atoms with Crippen molar-refractivity contribution < 1.29 is 9.13 Å². The summed E-state index contributed by atoms with van der Waals surface area (Å²) in [7, 11) is 1.65. The van der Waals surface area contributed by atoms with E-state index < -0.39 is 0 Å². The molecule has 0 heterocycles. The van der Waals surface area contributed by atoms with Crippen molar-refractivity contribution in [2.75, 3.05) is 26.8 Å². The first-order valence-electron chi connectivity index (χ1n) is 6.41. The topological polar surface area (TPSA) is 38.5 Å². The monoisotopic (exact) mass is 288 g/mol. The molecule has 0 aliphatic rings. The number of hydrogen-bond donors (Lipinski definition) is 1. The largest absolute Gasteiger partial charge is 0.383 e. The predicted octanol–water partition coefficient (Wildman–Crippen LogP) is 2.84. The maximum atomic E-state index is 14.1. The van der Waals surface area contributed by atoms with Gasteiger partial charge < -0.3 is 10.5 Å². The first kappa shape index (κ1) is 16.4. The van der Waals surface area contributed by atoms with Gasteiger partial charge in [0.2, 0.25) is 0 Å². The molecule has 0 bridgehead atoms. The fourth-order valence-corrected chi connectivity index (χ4v) is 2.37. The minimum atomic E-state index is -0.386. The van der Waals surface area contributed by atoms with E-state index in [1.807, 2.05) is 0 Å². The van der Waals surface area contributed by atoms with E-state index in [1.54, 1.807) is 25.3 Å². The van der Waals surface area contributed by atoms with Crippen LogP contribution in [0, 0.1) is 5.82 Å². The van der Waals surface area contributed by atoms with Gasteiger partial charge in [0.05, 0.1) is 17.7 Å². The van der Waals surface area contributed by atoms with Gasteiger partial charge >= 0.3 is 0 Å². The molecule has 0 saturated carbocycles. The van der Waals surface area contributed by atoms with E-state index in [9.17, 15) is 4.39 Å². The maximum Gasteiger partial charge on any atom is 0.146 e. The van der Waals surface area contributed by atoms with E-state index >= 15 is 0 Å². The quantitative estimate of drug-likeness (QED) is 0.838. The van der Waals surface area contributed by atoms with Crippen LogP contribution in [0.25, 0.3) is 0 Å². The summed E-state index contributed by atoms with van der Waals surface area (Å²) in [6, 6.07) is 5.07. The van der Waals surface area contributed by atoms with Gasteiger partial charge in [0.25, 0.3) is 0 Å². The zero-order valence-electron chi connectivity index (χ0n) is 11.7. The van der Waals surface area contributed by atoms with Gasteiger partial charge in [-0.15, -0.1) is 0 Å². The van der Waals surface area contributed by atoms with Gasteiger partial charge in [-0.05, 0) is 19.9 Å². The molecule has 2 N–H and O–H groups in total. The summed E-state index contributed by atoms with van der Waals surface area (Å²) >= 11 is 5.84. The number of hydrogen-bond acceptors (Lipinski definition) is 3. The van der Waals surface area contributed by atoms with Gasteiger partial charge in [-0.2, -0.15) is 0 Å². The van der Waals surface area contributed by atoms with Gasteiger partial charge in [0.1, 0.15) is 5.82 Å². The van der Waals surface area contributed by atoms with Gasteiger partial charge in [-0.25, -0.2) is 4.39 Å². The molecule has 3 nitrogen and oxygen atoms in total. The first-order chi connectivity index (χ1) is 9.02. The average molecular weight is 289 g/mol. The van der Waals surface area contributed by atoms with Crippen LogP contribution in [0.3, 0.4) is 0 Å². The lowest BCUT2D eigenvalue weighted by molar-refractivity contribution is 0.0965. The predicted molar refractivity (Wildman–Crippen MR) is 76.9 cm³/mol. The molecule has 0 spiro atoms. The summed E-state index contributed by atoms with van der Waals surface area (Å²) in [4.78, 5) is 2.12. The number of nitrogens with zero attached hydrogens (tertiary/aromatic N) is 1. The van der Waals surface area contributed by atoms with Crippen molar-refractivity contribution in [3.8, 4) is 0 Å². The number of rotatable bonds is 7. The highest BCUT2D eigenvalue weighted by molar-refractivity contribution is 6.30. The van der Waals surface area contributed by atoms with E-state index in [2.05, 4.69) is 18.7 Å². The molecule has 108 valence electrons. The van der Waals surface area contributed by atoms with Crippen molar-refractivity contribution in [1.29, 1.82) is 0 Å². The molecule has 0 amide bonds. The summed E-state index contributed by atoms with van der Waals surface area (Å²) in [6.45, 7) is 5.72. The van der Waals surface area contributed by atoms with Gasteiger partial charge in [0.15, 0.2) is 0 Å². The van der Waals surface area contributed by atoms with Crippen LogP contribution in [0.15, 0.2) is 18.2 Å². The number of methoxy groups -OCH3 is 1. The summed E-state index contributed by atoms with van der Waals surface area (Å²) in [6.07, 6.45) is 0. The van der Waals surface area contributed by atoms with Crippen molar-refractivity contribution in [2.24, 2.45) is 5.73 Å². The molecule has 1 atom stereocenters. The standard InChI is InChI=1S/C14H22ClFN2O/c1-10(2)18(7-8-19-3)13(9-17)11-5-4-6-12(15)14(11)16/h4-6,10,13H,7-9,17H2,1-3H3. The van der Waals surface area contributed by atoms with E-state index in [4.69, 9.17) is 22.1 Å². The molecule has 5 heteroatoms. The van der Waals surface area contributed by atoms with Crippen LogP contribution in [0.1, 0.15) is 25.5 Å². The Kier molecular flexibility index (Phi) is 6.72. The summed E-state index contributed by atoms with van der Waals surface area (Å²) in [5, 5.41) is 0.131. The Morgan fingerprint density at radius 2 is 2.11 bits per heavy atom. The zero-order valence-corrected chi connectivity index (χ0v) is 12.5. The number of nitrogens with two attached hydrogens (primary N) is 1. The van der Waals surface area contributed by atoms with Crippen molar-refractivity contribution in [2.45, 2.75) is 25.9 Å². The number of benzene rings is 1. The Morgan fingerprint density at radius 3 is 2.63 bits per heavy atom. The Morgan fingerprint density at radius 1 is 1.42 bits per heavy atom. The molecule has 1 aromatic carbocycles. The molecule has 1 rings (SSSR count). The third-order valence-electron chi connectivity index (χ3n) is 3.18. The number of halogens is 2. The molecule has 0 aliphatic heterocycles. The van der Waals surface area contributed by atoms with Crippen LogP contribution < -0.4 is 5.73 Å². The van der Waals surface area contributed by atoms with Gasteiger partial charge in [0, 0.05) is 31.8 Å². The molecule has 0 radical (unpaired) electrons. The van der Waals surface area contributed by atoms with E-state index in [-0.39, 0.29) is 22.9 Å². The molecule has 0 fully saturated rings. The molecular weight excluding hydrogens is 267 g/mol. The molecular formula is C14H22ClFN2O. The third-order valence-corrected chi connectivity index (χ3v) is 3.47. The fraction of sp³-hybridized carbons (Fsp3) is 0.571. The Bertz CT molecular complexity index is 401. The Balaban J connectivity index is 3.05. The second kappa shape index (κ2) is 7.80. The molecule has 1 unspecified atom stereocenters. The van der Waals surface area contributed by atoms with Crippen LogP contribution in [-0.4, -0.2) is 37.7 Å². The fourth-order valence-electron chi connectivity index (χ4n) is 2.19. The lowest BCUT2D eigenvalue weighted by atomic mass is 10.0. The van der Waals surface area contributed by atoms with Crippen LogP contribution in [0.4, 0.5) is 4.39 Å². The van der Waals surface area contributed by atoms with E-state index in [1.165, 1.54) is 0 Å². The van der Waals surface area contributed by atoms with Crippen molar-refractivity contribution >= 4 is 11.6 Å². The second-order valence-electron chi connectivity index (χ2n) is 4.72. The number of ether oxygens (including phenoxy) is 1. The van der Waals surface area contributed by atoms with Crippen LogP contribution in [-0.2, 0) is 4.74 Å². The summed E-state index contributed by atoms with van der Waals surface area (Å²) in [5.74, 6) is -0.386. The zero-order chi connectivity index (χ0) is 14.4.